The molecule has 0 aliphatic rings. The molecule has 0 radical (unpaired) electrons. The van der Waals surface area contributed by atoms with Crippen LogP contribution in [-0.2, 0) is 11.2 Å². The molecule has 0 fully saturated rings. The standard InChI is InChI=1S/C21H23NO4/c1-12(2)14-6-5-7-15-16(11-19(23)24)21(22-20(14)15)17-10-13(25-3)8-9-18(17)26-4/h5-10,12,22H,11H2,1-4H3,(H,23,24). The van der Waals surface area contributed by atoms with Crippen molar-refractivity contribution < 1.29 is 19.4 Å². The van der Waals surface area contributed by atoms with Crippen molar-refractivity contribution in [2.24, 2.45) is 0 Å². The van der Waals surface area contributed by atoms with Gasteiger partial charge in [-0.05, 0) is 35.2 Å². The second-order valence-corrected chi connectivity index (χ2v) is 6.54. The quantitative estimate of drug-likeness (QED) is 0.679. The third kappa shape index (κ3) is 3.12. The van der Waals surface area contributed by atoms with Gasteiger partial charge in [-0.15, -0.1) is 0 Å². The summed E-state index contributed by atoms with van der Waals surface area (Å²) in [4.78, 5) is 15.0. The van der Waals surface area contributed by atoms with Crippen LogP contribution in [0.4, 0.5) is 0 Å². The maximum Gasteiger partial charge on any atom is 0.307 e. The molecule has 0 saturated carbocycles. The number of hydrogen-bond donors (Lipinski definition) is 2. The fourth-order valence-corrected chi connectivity index (χ4v) is 3.35. The molecule has 136 valence electrons. The van der Waals surface area contributed by atoms with E-state index in [1.165, 1.54) is 0 Å². The molecule has 0 atom stereocenters. The Bertz CT molecular complexity index is 956. The lowest BCUT2D eigenvalue weighted by atomic mass is 9.97. The summed E-state index contributed by atoms with van der Waals surface area (Å²) < 4.78 is 10.9. The van der Waals surface area contributed by atoms with E-state index in [0.29, 0.717) is 17.4 Å². The molecule has 2 N–H and O–H groups in total. The first-order chi connectivity index (χ1) is 12.5. The number of carboxylic acids is 1. The molecule has 0 saturated heterocycles. The van der Waals surface area contributed by atoms with Crippen LogP contribution in [0, 0.1) is 0 Å². The van der Waals surface area contributed by atoms with Gasteiger partial charge < -0.3 is 19.6 Å². The minimum absolute atomic E-state index is 0.0722. The smallest absolute Gasteiger partial charge is 0.307 e. The van der Waals surface area contributed by atoms with Crippen LogP contribution >= 0.6 is 0 Å². The fourth-order valence-electron chi connectivity index (χ4n) is 3.35. The van der Waals surface area contributed by atoms with E-state index in [2.05, 4.69) is 24.9 Å². The summed E-state index contributed by atoms with van der Waals surface area (Å²) in [6.45, 7) is 4.25. The number of carbonyl (C=O) groups is 1. The molecular weight excluding hydrogens is 330 g/mol. The van der Waals surface area contributed by atoms with Gasteiger partial charge in [0.15, 0.2) is 0 Å². The molecule has 5 heteroatoms. The monoisotopic (exact) mass is 353 g/mol. The Morgan fingerprint density at radius 3 is 2.54 bits per heavy atom. The van der Waals surface area contributed by atoms with Crippen LogP contribution in [-0.4, -0.2) is 30.3 Å². The number of H-pyrrole nitrogens is 1. The van der Waals surface area contributed by atoms with Gasteiger partial charge >= 0.3 is 5.97 Å². The number of aromatic amines is 1. The molecule has 0 aliphatic carbocycles. The average Bonchev–Trinajstić information content (AvgIpc) is 2.98. The Hall–Kier alpha value is -2.95. The lowest BCUT2D eigenvalue weighted by molar-refractivity contribution is -0.136. The van der Waals surface area contributed by atoms with Crippen LogP contribution in [0.25, 0.3) is 22.2 Å². The highest BCUT2D eigenvalue weighted by atomic mass is 16.5. The van der Waals surface area contributed by atoms with Crippen molar-refractivity contribution in [1.29, 1.82) is 0 Å². The third-order valence-electron chi connectivity index (χ3n) is 4.60. The lowest BCUT2D eigenvalue weighted by Gasteiger charge is -2.11. The normalized spacial score (nSPS) is 11.1. The Balaban J connectivity index is 2.35. The van der Waals surface area contributed by atoms with E-state index in [0.717, 1.165) is 33.3 Å². The van der Waals surface area contributed by atoms with Crippen molar-refractivity contribution in [1.82, 2.24) is 4.98 Å². The first kappa shape index (κ1) is 17.9. The molecule has 2 aromatic carbocycles. The molecule has 0 bridgehead atoms. The van der Waals surface area contributed by atoms with Crippen LogP contribution in [0.3, 0.4) is 0 Å². The van der Waals surface area contributed by atoms with Crippen molar-refractivity contribution in [3.63, 3.8) is 0 Å². The van der Waals surface area contributed by atoms with Gasteiger partial charge in [0.25, 0.3) is 0 Å². The van der Waals surface area contributed by atoms with Gasteiger partial charge in [0.05, 0.1) is 26.3 Å². The molecule has 0 unspecified atom stereocenters. The number of hydrogen-bond acceptors (Lipinski definition) is 3. The molecule has 5 nitrogen and oxygen atoms in total. The highest BCUT2D eigenvalue weighted by Crippen LogP contribution is 2.39. The second-order valence-electron chi connectivity index (χ2n) is 6.54. The van der Waals surface area contributed by atoms with E-state index in [1.807, 2.05) is 30.3 Å². The zero-order valence-electron chi connectivity index (χ0n) is 15.4. The van der Waals surface area contributed by atoms with Crippen LogP contribution in [0.5, 0.6) is 11.5 Å². The minimum atomic E-state index is -0.871. The van der Waals surface area contributed by atoms with Gasteiger partial charge in [-0.2, -0.15) is 0 Å². The number of aromatic nitrogens is 1. The molecule has 1 aromatic heterocycles. The molecule has 1 heterocycles. The van der Waals surface area contributed by atoms with Crippen molar-refractivity contribution in [2.75, 3.05) is 14.2 Å². The van der Waals surface area contributed by atoms with E-state index in [9.17, 15) is 9.90 Å². The van der Waals surface area contributed by atoms with Gasteiger partial charge in [0.2, 0.25) is 0 Å². The van der Waals surface area contributed by atoms with Crippen molar-refractivity contribution in [2.45, 2.75) is 26.2 Å². The number of aliphatic carboxylic acids is 1. The Kier molecular flexibility index (Phi) is 4.89. The number of benzene rings is 2. The zero-order valence-corrected chi connectivity index (χ0v) is 15.4. The number of fused-ring (bicyclic) bond motifs is 1. The molecular formula is C21H23NO4. The molecule has 0 aliphatic heterocycles. The highest BCUT2D eigenvalue weighted by molar-refractivity contribution is 5.96. The summed E-state index contributed by atoms with van der Waals surface area (Å²) in [6, 6.07) is 11.5. The van der Waals surface area contributed by atoms with Gasteiger partial charge in [0, 0.05) is 16.5 Å². The Morgan fingerprint density at radius 1 is 1.15 bits per heavy atom. The predicted molar refractivity (Wildman–Crippen MR) is 102 cm³/mol. The summed E-state index contributed by atoms with van der Waals surface area (Å²) in [7, 11) is 3.20. The number of methoxy groups -OCH3 is 2. The number of rotatable bonds is 6. The molecule has 3 rings (SSSR count). The molecule has 0 amide bonds. The number of para-hydroxylation sites is 1. The van der Waals surface area contributed by atoms with E-state index in [4.69, 9.17) is 9.47 Å². The van der Waals surface area contributed by atoms with Crippen LogP contribution in [0.1, 0.15) is 30.9 Å². The Labute approximate surface area is 152 Å². The van der Waals surface area contributed by atoms with E-state index in [1.54, 1.807) is 14.2 Å². The number of ether oxygens (including phenoxy) is 2. The first-order valence-electron chi connectivity index (χ1n) is 8.54. The summed E-state index contributed by atoms with van der Waals surface area (Å²) >= 11 is 0. The van der Waals surface area contributed by atoms with Crippen molar-refractivity contribution in [3.05, 3.63) is 47.5 Å². The van der Waals surface area contributed by atoms with Crippen LogP contribution in [0.15, 0.2) is 36.4 Å². The van der Waals surface area contributed by atoms with E-state index in [-0.39, 0.29) is 6.42 Å². The van der Waals surface area contributed by atoms with Crippen molar-refractivity contribution in [3.8, 4) is 22.8 Å². The third-order valence-corrected chi connectivity index (χ3v) is 4.60. The summed E-state index contributed by atoms with van der Waals surface area (Å²) in [5.74, 6) is 0.791. The number of carboxylic acid groups (broad SMARTS) is 1. The van der Waals surface area contributed by atoms with E-state index < -0.39 is 5.97 Å². The topological polar surface area (TPSA) is 71.5 Å². The summed E-state index contributed by atoms with van der Waals surface area (Å²) in [6.07, 6.45) is -0.0722. The highest BCUT2D eigenvalue weighted by Gasteiger charge is 2.21. The maximum absolute atomic E-state index is 11.5. The molecule has 0 spiro atoms. The van der Waals surface area contributed by atoms with E-state index >= 15 is 0 Å². The molecule has 26 heavy (non-hydrogen) atoms. The van der Waals surface area contributed by atoms with Crippen LogP contribution in [0.2, 0.25) is 0 Å². The Morgan fingerprint density at radius 2 is 1.92 bits per heavy atom. The van der Waals surface area contributed by atoms with Crippen molar-refractivity contribution >= 4 is 16.9 Å². The summed E-state index contributed by atoms with van der Waals surface area (Å²) in [5, 5.41) is 10.4. The zero-order chi connectivity index (χ0) is 18.8. The number of nitrogens with one attached hydrogen (secondary N) is 1. The van der Waals surface area contributed by atoms with Gasteiger partial charge in [-0.1, -0.05) is 32.0 Å². The maximum atomic E-state index is 11.5. The lowest BCUT2D eigenvalue weighted by Crippen LogP contribution is -2.01. The van der Waals surface area contributed by atoms with Crippen LogP contribution < -0.4 is 9.47 Å². The SMILES string of the molecule is COc1ccc(OC)c(-c2[nH]c3c(C(C)C)cccc3c2CC(=O)O)c1. The second kappa shape index (κ2) is 7.12. The molecule has 3 aromatic rings. The largest absolute Gasteiger partial charge is 0.497 e. The van der Waals surface area contributed by atoms with Gasteiger partial charge in [-0.3, -0.25) is 4.79 Å². The minimum Gasteiger partial charge on any atom is -0.497 e. The van der Waals surface area contributed by atoms with Gasteiger partial charge in [-0.25, -0.2) is 0 Å². The van der Waals surface area contributed by atoms with Gasteiger partial charge in [0.1, 0.15) is 11.5 Å². The first-order valence-corrected chi connectivity index (χ1v) is 8.54. The predicted octanol–water partition coefficient (Wildman–Crippen LogP) is 4.60. The summed E-state index contributed by atoms with van der Waals surface area (Å²) in [5.41, 5.74) is 4.42. The average molecular weight is 353 g/mol. The fraction of sp³-hybridized carbons (Fsp3) is 0.286.